The third kappa shape index (κ3) is 4.26. The predicted molar refractivity (Wildman–Crippen MR) is 70.1 cm³/mol. The fraction of sp³-hybridized carbons (Fsp3) is 0.467. The monoisotopic (exact) mass is 248 g/mol. The molecule has 1 atom stereocenters. The maximum absolute atomic E-state index is 5.65. The van der Waals surface area contributed by atoms with Crippen molar-refractivity contribution in [3.63, 3.8) is 0 Å². The van der Waals surface area contributed by atoms with Crippen LogP contribution in [0.15, 0.2) is 42.5 Å². The van der Waals surface area contributed by atoms with Crippen molar-refractivity contribution in [2.24, 2.45) is 0 Å². The third-order valence-corrected chi connectivity index (χ3v) is 2.71. The average molecular weight is 248 g/mol. The number of hydrogen-bond acceptors (Lipinski definition) is 3. The quantitative estimate of drug-likeness (QED) is 0.592. The van der Waals surface area contributed by atoms with Gasteiger partial charge in [0.2, 0.25) is 0 Å². The summed E-state index contributed by atoms with van der Waals surface area (Å²) in [5.74, 6) is -0.458. The van der Waals surface area contributed by atoms with Crippen LogP contribution in [0.1, 0.15) is 19.4 Å². The normalized spacial score (nSPS) is 22.7. The van der Waals surface area contributed by atoms with Gasteiger partial charge < -0.3 is 14.2 Å². The lowest BCUT2D eigenvalue weighted by Gasteiger charge is -2.15. The van der Waals surface area contributed by atoms with Crippen LogP contribution in [0.2, 0.25) is 0 Å². The molecule has 1 saturated heterocycles. The Hall–Kier alpha value is -1.16. The molecule has 2 rings (SSSR count). The highest BCUT2D eigenvalue weighted by Crippen LogP contribution is 2.22. The van der Waals surface area contributed by atoms with Crippen LogP contribution in [0.4, 0.5) is 0 Å². The van der Waals surface area contributed by atoms with Crippen molar-refractivity contribution in [2.45, 2.75) is 32.3 Å². The topological polar surface area (TPSA) is 27.7 Å². The summed E-state index contributed by atoms with van der Waals surface area (Å²) in [4.78, 5) is 0. The van der Waals surface area contributed by atoms with Crippen LogP contribution in [-0.2, 0) is 20.8 Å². The van der Waals surface area contributed by atoms with Crippen molar-refractivity contribution < 1.29 is 14.2 Å². The van der Waals surface area contributed by atoms with Crippen molar-refractivity contribution in [1.29, 1.82) is 0 Å². The van der Waals surface area contributed by atoms with Crippen molar-refractivity contribution >= 4 is 0 Å². The van der Waals surface area contributed by atoms with Gasteiger partial charge in [-0.1, -0.05) is 42.5 Å². The zero-order valence-electron chi connectivity index (χ0n) is 11.0. The molecule has 0 N–H and O–H groups in total. The first-order valence-electron chi connectivity index (χ1n) is 6.26. The molecular weight excluding hydrogens is 228 g/mol. The van der Waals surface area contributed by atoms with E-state index in [1.54, 1.807) is 0 Å². The summed E-state index contributed by atoms with van der Waals surface area (Å²) in [6.07, 6.45) is 4.03. The Labute approximate surface area is 108 Å². The second-order valence-electron chi connectivity index (χ2n) is 4.80. The van der Waals surface area contributed by atoms with E-state index in [-0.39, 0.29) is 6.10 Å². The van der Waals surface area contributed by atoms with Gasteiger partial charge in [-0.2, -0.15) is 0 Å². The van der Waals surface area contributed by atoms with E-state index in [4.69, 9.17) is 14.2 Å². The Morgan fingerprint density at radius 2 is 2.11 bits per heavy atom. The van der Waals surface area contributed by atoms with Gasteiger partial charge in [0, 0.05) is 0 Å². The number of benzene rings is 1. The van der Waals surface area contributed by atoms with Crippen LogP contribution in [0.25, 0.3) is 0 Å². The maximum atomic E-state index is 5.65. The van der Waals surface area contributed by atoms with Crippen LogP contribution < -0.4 is 0 Å². The summed E-state index contributed by atoms with van der Waals surface area (Å²) in [5.41, 5.74) is 1.19. The molecule has 1 fully saturated rings. The van der Waals surface area contributed by atoms with Crippen LogP contribution >= 0.6 is 0 Å². The molecule has 3 heteroatoms. The highest BCUT2D eigenvalue weighted by Gasteiger charge is 2.30. The molecule has 1 aliphatic rings. The largest absolute Gasteiger partial charge is 0.373 e. The molecule has 0 aliphatic carbocycles. The first-order chi connectivity index (χ1) is 8.66. The second-order valence-corrected chi connectivity index (χ2v) is 4.80. The van der Waals surface area contributed by atoms with E-state index in [2.05, 4.69) is 12.1 Å². The Morgan fingerprint density at radius 1 is 1.33 bits per heavy atom. The first-order valence-corrected chi connectivity index (χ1v) is 6.26. The van der Waals surface area contributed by atoms with Gasteiger partial charge in [0.05, 0.1) is 19.8 Å². The van der Waals surface area contributed by atoms with E-state index in [0.717, 1.165) is 0 Å². The van der Waals surface area contributed by atoms with Gasteiger partial charge in [0.25, 0.3) is 0 Å². The van der Waals surface area contributed by atoms with E-state index in [1.807, 2.05) is 44.2 Å². The van der Waals surface area contributed by atoms with E-state index in [0.29, 0.717) is 19.8 Å². The van der Waals surface area contributed by atoms with Crippen molar-refractivity contribution in [3.05, 3.63) is 48.0 Å². The molecule has 0 saturated carbocycles. The summed E-state index contributed by atoms with van der Waals surface area (Å²) in [7, 11) is 0. The minimum atomic E-state index is -0.458. The SMILES string of the molecule is CC1(C)OC[C@H](/C=C\COCc2ccccc2)O1. The molecule has 0 aromatic heterocycles. The van der Waals surface area contributed by atoms with Gasteiger partial charge in [-0.25, -0.2) is 0 Å². The fourth-order valence-corrected chi connectivity index (χ4v) is 1.84. The Kier molecular flexibility index (Phi) is 4.53. The van der Waals surface area contributed by atoms with Crippen LogP contribution in [0.3, 0.4) is 0 Å². The summed E-state index contributed by atoms with van der Waals surface area (Å²) >= 11 is 0. The predicted octanol–water partition coefficient (Wildman–Crippen LogP) is 2.91. The number of rotatable bonds is 5. The standard InChI is InChI=1S/C15H20O3/c1-15(2)17-12-14(18-15)9-6-10-16-11-13-7-4-3-5-8-13/h3-9,14H,10-12H2,1-2H3/b9-6-/t14-/m0/s1. The van der Waals surface area contributed by atoms with Gasteiger partial charge in [-0.05, 0) is 19.4 Å². The molecule has 0 amide bonds. The second kappa shape index (κ2) is 6.14. The highest BCUT2D eigenvalue weighted by atomic mass is 16.7. The lowest BCUT2D eigenvalue weighted by Crippen LogP contribution is -2.20. The van der Waals surface area contributed by atoms with Crippen molar-refractivity contribution in [1.82, 2.24) is 0 Å². The number of ether oxygens (including phenoxy) is 3. The van der Waals surface area contributed by atoms with E-state index < -0.39 is 5.79 Å². The van der Waals surface area contributed by atoms with E-state index in [1.165, 1.54) is 5.56 Å². The van der Waals surface area contributed by atoms with Gasteiger partial charge in [0.1, 0.15) is 6.10 Å². The number of hydrogen-bond donors (Lipinski definition) is 0. The lowest BCUT2D eigenvalue weighted by molar-refractivity contribution is -0.133. The Morgan fingerprint density at radius 3 is 2.78 bits per heavy atom. The molecule has 1 aliphatic heterocycles. The average Bonchev–Trinajstić information content (AvgIpc) is 2.70. The molecule has 1 heterocycles. The van der Waals surface area contributed by atoms with Crippen molar-refractivity contribution in [3.8, 4) is 0 Å². The molecule has 0 spiro atoms. The van der Waals surface area contributed by atoms with Gasteiger partial charge in [0.15, 0.2) is 5.79 Å². The molecule has 0 unspecified atom stereocenters. The highest BCUT2D eigenvalue weighted by molar-refractivity contribution is 5.13. The molecule has 0 bridgehead atoms. The van der Waals surface area contributed by atoms with Crippen LogP contribution in [0.5, 0.6) is 0 Å². The van der Waals surface area contributed by atoms with Crippen molar-refractivity contribution in [2.75, 3.05) is 13.2 Å². The molecule has 1 aromatic rings. The minimum absolute atomic E-state index is 0.0420. The zero-order chi connectivity index (χ0) is 12.8. The Balaban J connectivity index is 1.64. The summed E-state index contributed by atoms with van der Waals surface area (Å²) in [6.45, 7) is 5.69. The lowest BCUT2D eigenvalue weighted by atomic mass is 10.2. The van der Waals surface area contributed by atoms with Gasteiger partial charge >= 0.3 is 0 Å². The molecular formula is C15H20O3. The van der Waals surface area contributed by atoms with E-state index in [9.17, 15) is 0 Å². The zero-order valence-corrected chi connectivity index (χ0v) is 11.0. The molecule has 98 valence electrons. The first kappa shape index (κ1) is 13.3. The van der Waals surface area contributed by atoms with Gasteiger partial charge in [-0.15, -0.1) is 0 Å². The summed E-state index contributed by atoms with van der Waals surface area (Å²) in [6, 6.07) is 10.1. The Bertz CT molecular complexity index is 384. The van der Waals surface area contributed by atoms with Gasteiger partial charge in [-0.3, -0.25) is 0 Å². The maximum Gasteiger partial charge on any atom is 0.163 e. The summed E-state index contributed by atoms with van der Waals surface area (Å²) in [5, 5.41) is 0. The fourth-order valence-electron chi connectivity index (χ4n) is 1.84. The molecule has 18 heavy (non-hydrogen) atoms. The summed E-state index contributed by atoms with van der Waals surface area (Å²) < 4.78 is 16.7. The molecule has 1 aromatic carbocycles. The third-order valence-electron chi connectivity index (χ3n) is 2.71. The minimum Gasteiger partial charge on any atom is -0.373 e. The molecule has 3 nitrogen and oxygen atoms in total. The smallest absolute Gasteiger partial charge is 0.163 e. The van der Waals surface area contributed by atoms with E-state index >= 15 is 0 Å². The van der Waals surface area contributed by atoms with Crippen LogP contribution in [-0.4, -0.2) is 25.1 Å². The van der Waals surface area contributed by atoms with Crippen LogP contribution in [0, 0.1) is 0 Å². The molecule has 0 radical (unpaired) electrons.